The van der Waals surface area contributed by atoms with E-state index in [2.05, 4.69) is 19.2 Å². The van der Waals surface area contributed by atoms with E-state index in [4.69, 9.17) is 0 Å². The average Bonchev–Trinajstić information content (AvgIpc) is 3.14. The third-order valence-electron chi connectivity index (χ3n) is 4.67. The number of piperazine rings is 1. The molecule has 2 aromatic heterocycles. The minimum Gasteiger partial charge on any atom is -0.368 e. The largest absolute Gasteiger partial charge is 0.416 e. The molecule has 1 unspecified atom stereocenters. The highest BCUT2D eigenvalue weighted by atomic mass is 32.2. The predicted molar refractivity (Wildman–Crippen MR) is 104 cm³/mol. The van der Waals surface area contributed by atoms with Gasteiger partial charge in [-0.3, -0.25) is 0 Å². The number of nitrogens with zero attached hydrogens (tertiary/aromatic N) is 5. The molecule has 0 radical (unpaired) electrons. The Bertz CT molecular complexity index is 947. The number of anilines is 2. The first-order chi connectivity index (χ1) is 13.4. The van der Waals surface area contributed by atoms with Gasteiger partial charge in [0.05, 0.1) is 11.8 Å². The standard InChI is InChI=1S/C19H19F3N5S/c1-14-24-13-28(25-14)17-5-6-18(23-12-17)27-9-7-26(8-10-27)16-4-2-3-15(11-16)19(20,21)22/h2-6,11-13H,7-10H2,1H3/q+1. The molecular weight excluding hydrogens is 387 g/mol. The Morgan fingerprint density at radius 1 is 0.964 bits per heavy atom. The molecule has 0 N–H and O–H groups in total. The number of hydrogen-bond acceptors (Lipinski definition) is 5. The van der Waals surface area contributed by atoms with Gasteiger partial charge < -0.3 is 9.80 Å². The van der Waals surface area contributed by atoms with Crippen molar-refractivity contribution in [3.63, 3.8) is 0 Å². The van der Waals surface area contributed by atoms with Crippen LogP contribution in [-0.4, -0.2) is 40.5 Å². The van der Waals surface area contributed by atoms with Crippen LogP contribution in [0, 0.1) is 6.92 Å². The van der Waals surface area contributed by atoms with E-state index in [9.17, 15) is 13.2 Å². The molecule has 1 aliphatic heterocycles. The van der Waals surface area contributed by atoms with Gasteiger partial charge in [0.1, 0.15) is 5.82 Å². The van der Waals surface area contributed by atoms with Crippen LogP contribution >= 0.6 is 10.7 Å². The zero-order valence-corrected chi connectivity index (χ0v) is 16.0. The Balaban J connectivity index is 1.42. The van der Waals surface area contributed by atoms with Crippen molar-refractivity contribution in [1.82, 2.24) is 14.3 Å². The zero-order chi connectivity index (χ0) is 19.7. The summed E-state index contributed by atoms with van der Waals surface area (Å²) >= 11 is 0. The molecule has 0 spiro atoms. The van der Waals surface area contributed by atoms with Crippen LogP contribution in [0.2, 0.25) is 0 Å². The van der Waals surface area contributed by atoms with Gasteiger partial charge in [-0.25, -0.2) is 4.98 Å². The normalized spacial score (nSPS) is 15.8. The summed E-state index contributed by atoms with van der Waals surface area (Å²) < 4.78 is 43.3. The van der Waals surface area contributed by atoms with E-state index >= 15 is 0 Å². The molecule has 0 amide bonds. The number of hydrogen-bond donors (Lipinski definition) is 0. The molecule has 0 saturated carbocycles. The molecule has 28 heavy (non-hydrogen) atoms. The van der Waals surface area contributed by atoms with Gasteiger partial charge in [0.15, 0.2) is 16.5 Å². The lowest BCUT2D eigenvalue weighted by molar-refractivity contribution is -0.137. The molecule has 1 aliphatic rings. The van der Waals surface area contributed by atoms with Crippen molar-refractivity contribution in [2.45, 2.75) is 13.1 Å². The van der Waals surface area contributed by atoms with Crippen LogP contribution < -0.4 is 9.80 Å². The number of aromatic nitrogens is 3. The molecule has 9 heteroatoms. The Labute approximate surface area is 163 Å². The number of alkyl halides is 3. The maximum absolute atomic E-state index is 12.9. The van der Waals surface area contributed by atoms with Gasteiger partial charge in [-0.15, -0.1) is 0 Å². The Morgan fingerprint density at radius 3 is 2.32 bits per heavy atom. The van der Waals surface area contributed by atoms with Crippen LogP contribution in [-0.2, 0) is 6.18 Å². The second kappa shape index (κ2) is 7.38. The highest BCUT2D eigenvalue weighted by Crippen LogP contribution is 2.32. The maximum Gasteiger partial charge on any atom is 0.416 e. The average molecular weight is 406 g/mol. The van der Waals surface area contributed by atoms with E-state index in [0.717, 1.165) is 22.6 Å². The van der Waals surface area contributed by atoms with Gasteiger partial charge in [0, 0.05) is 44.9 Å². The number of pyridine rings is 1. The molecule has 1 aromatic carbocycles. The lowest BCUT2D eigenvalue weighted by Gasteiger charge is -2.36. The van der Waals surface area contributed by atoms with Gasteiger partial charge in [0.2, 0.25) is 4.90 Å². The first kappa shape index (κ1) is 18.7. The van der Waals surface area contributed by atoms with E-state index < -0.39 is 11.7 Å². The summed E-state index contributed by atoms with van der Waals surface area (Å²) in [6, 6.07) is 9.49. The lowest BCUT2D eigenvalue weighted by Crippen LogP contribution is -2.46. The van der Waals surface area contributed by atoms with Gasteiger partial charge >= 0.3 is 6.18 Å². The molecule has 0 bridgehead atoms. The van der Waals surface area contributed by atoms with E-state index in [-0.39, 0.29) is 10.7 Å². The summed E-state index contributed by atoms with van der Waals surface area (Å²) in [4.78, 5) is 13.9. The SMILES string of the molecule is Cc1nc[s+](-c2ccc(N3CCN(c4cccc(C(F)(F)F)c4)CC3)nc2)n1. The fourth-order valence-electron chi connectivity index (χ4n) is 3.19. The summed E-state index contributed by atoms with van der Waals surface area (Å²) in [5.74, 6) is 1.64. The van der Waals surface area contributed by atoms with Crippen molar-refractivity contribution in [1.29, 1.82) is 0 Å². The van der Waals surface area contributed by atoms with Crippen molar-refractivity contribution >= 4 is 22.2 Å². The Kier molecular flexibility index (Phi) is 4.92. The van der Waals surface area contributed by atoms with E-state index in [0.29, 0.717) is 31.9 Å². The van der Waals surface area contributed by atoms with Crippen LogP contribution in [0.15, 0.2) is 48.1 Å². The second-order valence-electron chi connectivity index (χ2n) is 6.56. The lowest BCUT2D eigenvalue weighted by atomic mass is 10.1. The minimum absolute atomic E-state index is 0.359. The molecule has 3 heterocycles. The molecule has 5 nitrogen and oxygen atoms in total. The fourth-order valence-corrected chi connectivity index (χ4v) is 4.41. The summed E-state index contributed by atoms with van der Waals surface area (Å²) in [6.45, 7) is 4.56. The smallest absolute Gasteiger partial charge is 0.368 e. The van der Waals surface area contributed by atoms with Crippen LogP contribution in [0.1, 0.15) is 11.4 Å². The molecule has 4 rings (SSSR count). The predicted octanol–water partition coefficient (Wildman–Crippen LogP) is 4.26. The molecule has 0 aliphatic carbocycles. The Hall–Kier alpha value is -2.68. The van der Waals surface area contributed by atoms with Crippen LogP contribution in [0.25, 0.3) is 4.90 Å². The fraction of sp³-hybridized carbons (Fsp3) is 0.316. The maximum atomic E-state index is 12.9. The van der Waals surface area contributed by atoms with Crippen LogP contribution in [0.5, 0.6) is 0 Å². The number of aryl methyl sites for hydroxylation is 1. The van der Waals surface area contributed by atoms with Gasteiger partial charge in [-0.05, 0) is 28.6 Å². The van der Waals surface area contributed by atoms with Crippen molar-refractivity contribution in [2.24, 2.45) is 0 Å². The third-order valence-corrected chi connectivity index (χ3v) is 6.16. The summed E-state index contributed by atoms with van der Waals surface area (Å²) in [5.41, 5.74) is 1.83. The summed E-state index contributed by atoms with van der Waals surface area (Å²) in [7, 11) is -0.359. The summed E-state index contributed by atoms with van der Waals surface area (Å²) in [5, 5.41) is 0. The van der Waals surface area contributed by atoms with Crippen molar-refractivity contribution in [3.8, 4) is 4.90 Å². The van der Waals surface area contributed by atoms with Gasteiger partial charge in [-0.2, -0.15) is 18.2 Å². The van der Waals surface area contributed by atoms with E-state index in [1.54, 1.807) is 6.07 Å². The first-order valence-electron chi connectivity index (χ1n) is 8.86. The molecule has 146 valence electrons. The molecule has 3 aromatic rings. The molecule has 1 fully saturated rings. The van der Waals surface area contributed by atoms with E-state index in [1.165, 1.54) is 12.1 Å². The Morgan fingerprint density at radius 2 is 1.71 bits per heavy atom. The number of rotatable bonds is 3. The zero-order valence-electron chi connectivity index (χ0n) is 15.2. The van der Waals surface area contributed by atoms with Crippen molar-refractivity contribution in [3.05, 3.63) is 59.5 Å². The van der Waals surface area contributed by atoms with Crippen molar-refractivity contribution in [2.75, 3.05) is 36.0 Å². The van der Waals surface area contributed by atoms with Gasteiger partial charge in [-0.1, -0.05) is 6.07 Å². The summed E-state index contributed by atoms with van der Waals surface area (Å²) in [6.07, 6.45) is -2.50. The van der Waals surface area contributed by atoms with E-state index in [1.807, 2.05) is 35.7 Å². The van der Waals surface area contributed by atoms with Crippen molar-refractivity contribution < 1.29 is 13.2 Å². The molecule has 1 saturated heterocycles. The van der Waals surface area contributed by atoms with Gasteiger partial charge in [0.25, 0.3) is 5.51 Å². The molecule has 1 atom stereocenters. The number of benzene rings is 1. The number of halogens is 3. The third kappa shape index (κ3) is 3.94. The first-order valence-corrected chi connectivity index (χ1v) is 10.1. The monoisotopic (exact) mass is 406 g/mol. The van der Waals surface area contributed by atoms with Crippen LogP contribution in [0.3, 0.4) is 0 Å². The minimum atomic E-state index is -4.32. The quantitative estimate of drug-likeness (QED) is 0.608. The topological polar surface area (TPSA) is 45.2 Å². The highest BCUT2D eigenvalue weighted by molar-refractivity contribution is 7.33. The highest BCUT2D eigenvalue weighted by Gasteiger charge is 2.31. The second-order valence-corrected chi connectivity index (χ2v) is 8.06. The van der Waals surface area contributed by atoms with Crippen LogP contribution in [0.4, 0.5) is 24.7 Å². The molecular formula is C19H19F3N5S+.